The van der Waals surface area contributed by atoms with Crippen LogP contribution >= 0.6 is 0 Å². The van der Waals surface area contributed by atoms with Crippen molar-refractivity contribution < 1.29 is 48.9 Å². The summed E-state index contributed by atoms with van der Waals surface area (Å²) in [5.74, 6) is -8.02. The van der Waals surface area contributed by atoms with Gasteiger partial charge in [-0.25, -0.2) is 0 Å². The van der Waals surface area contributed by atoms with E-state index < -0.39 is 85.5 Å². The fourth-order valence-corrected chi connectivity index (χ4v) is 2.19. The summed E-state index contributed by atoms with van der Waals surface area (Å²) in [6.07, 6.45) is -2.30. The van der Waals surface area contributed by atoms with Gasteiger partial charge in [0.2, 0.25) is 23.6 Å². The van der Waals surface area contributed by atoms with E-state index in [9.17, 15) is 33.6 Å². The Morgan fingerprint density at radius 2 is 1.29 bits per heavy atom. The molecule has 3 atom stereocenters. The molecule has 3 unspecified atom stereocenters. The summed E-state index contributed by atoms with van der Waals surface area (Å²) in [7, 11) is 0. The second kappa shape index (κ2) is 13.5. The van der Waals surface area contributed by atoms with Gasteiger partial charge in [-0.2, -0.15) is 0 Å². The van der Waals surface area contributed by atoms with Gasteiger partial charge in [0.15, 0.2) is 0 Å². The van der Waals surface area contributed by atoms with Gasteiger partial charge in [0.25, 0.3) is 0 Å². The van der Waals surface area contributed by atoms with Crippen molar-refractivity contribution in [2.75, 3.05) is 6.54 Å². The van der Waals surface area contributed by atoms with Gasteiger partial charge in [0.05, 0.1) is 12.5 Å². The summed E-state index contributed by atoms with van der Waals surface area (Å²) in [6, 6.07) is -4.48. The second-order valence-electron chi connectivity index (χ2n) is 6.38. The Kier molecular flexibility index (Phi) is 11.8. The highest BCUT2D eigenvalue weighted by Gasteiger charge is 2.30. The van der Waals surface area contributed by atoms with Crippen molar-refractivity contribution in [3.8, 4) is 0 Å². The van der Waals surface area contributed by atoms with Gasteiger partial charge in [-0.3, -0.25) is 33.6 Å². The van der Waals surface area contributed by atoms with Crippen molar-refractivity contribution in [1.82, 2.24) is 16.0 Å². The average molecular weight is 447 g/mol. The molecule has 0 aliphatic carbocycles. The molecule has 0 bridgehead atoms. The standard InChI is InChI=1S/C16H25N5O10/c17-7(1-3-10(18)22)14(29)21-9(5-12(25)26)16(31)20-8(2-4-11(23)24)15(30)19-6-13(27)28/h7-9H,1-6,17H2,(H2,18,22)(H,19,30)(H,20,31)(H,21,29)(H,23,24)(H,25,26)(H,27,28). The molecule has 174 valence electrons. The lowest BCUT2D eigenvalue weighted by atomic mass is 10.1. The number of primary amides is 1. The Morgan fingerprint density at radius 3 is 1.77 bits per heavy atom. The molecule has 0 spiro atoms. The number of rotatable bonds is 15. The van der Waals surface area contributed by atoms with Crippen LogP contribution in [0.5, 0.6) is 0 Å². The number of nitrogens with one attached hydrogen (secondary N) is 3. The third kappa shape index (κ3) is 12.4. The summed E-state index contributed by atoms with van der Waals surface area (Å²) in [5.41, 5.74) is 10.5. The summed E-state index contributed by atoms with van der Waals surface area (Å²) < 4.78 is 0. The first kappa shape index (κ1) is 27.2. The van der Waals surface area contributed by atoms with E-state index in [4.69, 9.17) is 26.8 Å². The van der Waals surface area contributed by atoms with Gasteiger partial charge >= 0.3 is 17.9 Å². The minimum absolute atomic E-state index is 0.165. The molecule has 0 rings (SSSR count). The minimum atomic E-state index is -1.69. The topological polar surface area (TPSA) is 268 Å². The van der Waals surface area contributed by atoms with Gasteiger partial charge in [-0.05, 0) is 12.8 Å². The molecule has 0 aliphatic heterocycles. The van der Waals surface area contributed by atoms with Crippen molar-refractivity contribution in [2.24, 2.45) is 11.5 Å². The highest BCUT2D eigenvalue weighted by Crippen LogP contribution is 2.03. The van der Waals surface area contributed by atoms with Crippen LogP contribution in [0.3, 0.4) is 0 Å². The fraction of sp³-hybridized carbons (Fsp3) is 0.562. The Morgan fingerprint density at radius 1 is 0.710 bits per heavy atom. The summed E-state index contributed by atoms with van der Waals surface area (Å²) in [4.78, 5) is 79.8. The molecule has 0 saturated heterocycles. The van der Waals surface area contributed by atoms with Crippen LogP contribution in [0, 0.1) is 0 Å². The van der Waals surface area contributed by atoms with Crippen molar-refractivity contribution in [3.05, 3.63) is 0 Å². The Hall–Kier alpha value is -3.75. The number of hydrogen-bond acceptors (Lipinski definition) is 8. The lowest BCUT2D eigenvalue weighted by Crippen LogP contribution is -2.56. The number of carboxylic acid groups (broad SMARTS) is 3. The lowest BCUT2D eigenvalue weighted by Gasteiger charge is -2.23. The monoisotopic (exact) mass is 447 g/mol. The van der Waals surface area contributed by atoms with Crippen LogP contribution in [0.4, 0.5) is 0 Å². The number of carbonyl (C=O) groups is 7. The molecule has 0 aromatic carbocycles. The zero-order valence-corrected chi connectivity index (χ0v) is 16.3. The number of aliphatic carboxylic acids is 3. The van der Waals surface area contributed by atoms with E-state index in [1.807, 2.05) is 5.32 Å². The molecule has 0 aliphatic rings. The first-order valence-electron chi connectivity index (χ1n) is 8.91. The third-order valence-corrected chi connectivity index (χ3v) is 3.74. The van der Waals surface area contributed by atoms with E-state index >= 15 is 0 Å². The van der Waals surface area contributed by atoms with E-state index in [0.717, 1.165) is 0 Å². The molecule has 4 amide bonds. The first-order valence-corrected chi connectivity index (χ1v) is 8.91. The Labute approximate surface area is 175 Å². The van der Waals surface area contributed by atoms with Gasteiger partial charge in [0.1, 0.15) is 18.6 Å². The molecule has 31 heavy (non-hydrogen) atoms. The Bertz CT molecular complexity index is 726. The van der Waals surface area contributed by atoms with Crippen molar-refractivity contribution in [1.29, 1.82) is 0 Å². The van der Waals surface area contributed by atoms with Crippen LogP contribution in [0.2, 0.25) is 0 Å². The van der Waals surface area contributed by atoms with E-state index in [1.54, 1.807) is 0 Å². The predicted molar refractivity (Wildman–Crippen MR) is 100 cm³/mol. The van der Waals surface area contributed by atoms with Gasteiger partial charge in [-0.1, -0.05) is 0 Å². The van der Waals surface area contributed by atoms with Crippen LogP contribution in [-0.2, 0) is 33.6 Å². The third-order valence-electron chi connectivity index (χ3n) is 3.74. The maximum absolute atomic E-state index is 12.5. The summed E-state index contributed by atoms with van der Waals surface area (Å²) >= 11 is 0. The van der Waals surface area contributed by atoms with E-state index in [-0.39, 0.29) is 12.8 Å². The Balaban J connectivity index is 5.29. The first-order chi connectivity index (χ1) is 14.3. The normalized spacial score (nSPS) is 13.2. The lowest BCUT2D eigenvalue weighted by molar-refractivity contribution is -0.142. The fourth-order valence-electron chi connectivity index (χ4n) is 2.19. The SMILES string of the molecule is NC(=O)CCC(N)C(=O)NC(CC(=O)O)C(=O)NC(CCC(=O)O)C(=O)NCC(=O)O. The molecule has 0 saturated carbocycles. The predicted octanol–water partition coefficient (Wildman–Crippen LogP) is -3.91. The largest absolute Gasteiger partial charge is 0.481 e. The number of carbonyl (C=O) groups excluding carboxylic acids is 4. The zero-order valence-electron chi connectivity index (χ0n) is 16.3. The van der Waals surface area contributed by atoms with Crippen LogP contribution in [0.1, 0.15) is 32.1 Å². The molecular weight excluding hydrogens is 422 g/mol. The van der Waals surface area contributed by atoms with Crippen molar-refractivity contribution >= 4 is 41.5 Å². The maximum Gasteiger partial charge on any atom is 0.322 e. The second-order valence-corrected chi connectivity index (χ2v) is 6.38. The summed E-state index contributed by atoms with van der Waals surface area (Å²) in [5, 5.41) is 32.5. The quantitative estimate of drug-likeness (QED) is 0.120. The van der Waals surface area contributed by atoms with Crippen LogP contribution in [-0.4, -0.2) is 81.5 Å². The zero-order chi connectivity index (χ0) is 24.1. The summed E-state index contributed by atoms with van der Waals surface area (Å²) in [6.45, 7) is -0.803. The smallest absolute Gasteiger partial charge is 0.322 e. The molecular formula is C16H25N5O10. The highest BCUT2D eigenvalue weighted by atomic mass is 16.4. The van der Waals surface area contributed by atoms with E-state index in [1.165, 1.54) is 0 Å². The van der Waals surface area contributed by atoms with Gasteiger partial charge < -0.3 is 42.7 Å². The van der Waals surface area contributed by atoms with Gasteiger partial charge in [-0.15, -0.1) is 0 Å². The molecule has 0 radical (unpaired) electrons. The number of carboxylic acids is 3. The highest BCUT2D eigenvalue weighted by molar-refractivity contribution is 5.95. The molecule has 0 aromatic rings. The maximum atomic E-state index is 12.5. The molecule has 0 heterocycles. The van der Waals surface area contributed by atoms with Crippen molar-refractivity contribution in [3.63, 3.8) is 0 Å². The molecule has 15 heteroatoms. The van der Waals surface area contributed by atoms with Crippen LogP contribution < -0.4 is 27.4 Å². The van der Waals surface area contributed by atoms with Crippen molar-refractivity contribution in [2.45, 2.75) is 50.2 Å². The number of nitrogens with two attached hydrogens (primary N) is 2. The van der Waals surface area contributed by atoms with Crippen LogP contribution in [0.15, 0.2) is 0 Å². The van der Waals surface area contributed by atoms with Gasteiger partial charge in [0, 0.05) is 12.8 Å². The molecule has 0 fully saturated rings. The molecule has 15 nitrogen and oxygen atoms in total. The molecule has 10 N–H and O–H groups in total. The average Bonchev–Trinajstić information content (AvgIpc) is 2.65. The van der Waals surface area contributed by atoms with Crippen LogP contribution in [0.25, 0.3) is 0 Å². The minimum Gasteiger partial charge on any atom is -0.481 e. The number of hydrogen-bond donors (Lipinski definition) is 8. The molecule has 0 aromatic heterocycles. The number of amides is 4. The van der Waals surface area contributed by atoms with E-state index in [0.29, 0.717) is 0 Å². The van der Waals surface area contributed by atoms with E-state index in [2.05, 4.69) is 10.6 Å².